The molecule has 166 valence electrons. The van der Waals surface area contributed by atoms with Gasteiger partial charge in [-0.1, -0.05) is 48.5 Å². The van der Waals surface area contributed by atoms with Gasteiger partial charge in [0.05, 0.1) is 4.88 Å². The zero-order valence-electron chi connectivity index (χ0n) is 18.3. The topological polar surface area (TPSA) is 61.4 Å². The number of thiophene rings is 1. The Balaban J connectivity index is 1.23. The molecule has 1 aliphatic heterocycles. The summed E-state index contributed by atoms with van der Waals surface area (Å²) in [7, 11) is 0. The third-order valence-electron chi connectivity index (χ3n) is 5.83. The summed E-state index contributed by atoms with van der Waals surface area (Å²) in [5, 5.41) is 6.24. The molecular formula is C26H29N3O2S. The van der Waals surface area contributed by atoms with Gasteiger partial charge < -0.3 is 15.5 Å². The second-order valence-corrected chi connectivity index (χ2v) is 9.50. The maximum Gasteiger partial charge on any atom is 0.261 e. The minimum absolute atomic E-state index is 0.0249. The monoisotopic (exact) mass is 447 g/mol. The van der Waals surface area contributed by atoms with Crippen molar-refractivity contribution in [3.05, 3.63) is 76.5 Å². The summed E-state index contributed by atoms with van der Waals surface area (Å²) in [4.78, 5) is 29.2. The maximum absolute atomic E-state index is 12.6. The van der Waals surface area contributed by atoms with Gasteiger partial charge in [0.2, 0.25) is 5.91 Å². The first-order valence-electron chi connectivity index (χ1n) is 11.1. The largest absolute Gasteiger partial charge is 0.349 e. The number of nitrogens with zero attached hydrogens (tertiary/aromatic N) is 1. The quantitative estimate of drug-likeness (QED) is 0.539. The molecule has 0 bridgehead atoms. The van der Waals surface area contributed by atoms with Gasteiger partial charge in [0.1, 0.15) is 0 Å². The zero-order valence-corrected chi connectivity index (χ0v) is 19.2. The Kier molecular flexibility index (Phi) is 7.35. The van der Waals surface area contributed by atoms with Gasteiger partial charge in [-0.25, -0.2) is 0 Å². The number of anilines is 1. The van der Waals surface area contributed by atoms with Crippen molar-refractivity contribution in [2.45, 2.75) is 32.2 Å². The number of benzene rings is 2. The average Bonchev–Trinajstić information content (AvgIpc) is 3.26. The van der Waals surface area contributed by atoms with E-state index in [1.165, 1.54) is 11.3 Å². The predicted molar refractivity (Wildman–Crippen MR) is 131 cm³/mol. The number of amides is 2. The maximum atomic E-state index is 12.6. The minimum atomic E-state index is 0.0249. The molecule has 1 aliphatic rings. The van der Waals surface area contributed by atoms with Gasteiger partial charge in [-0.15, -0.1) is 11.3 Å². The summed E-state index contributed by atoms with van der Waals surface area (Å²) in [5.74, 6) is 0.0508. The summed E-state index contributed by atoms with van der Waals surface area (Å²) in [6, 6.07) is 22.1. The molecule has 2 heterocycles. The third-order valence-corrected chi connectivity index (χ3v) is 6.83. The molecule has 2 amide bonds. The Morgan fingerprint density at radius 1 is 0.969 bits per heavy atom. The van der Waals surface area contributed by atoms with Crippen molar-refractivity contribution in [3.63, 3.8) is 0 Å². The van der Waals surface area contributed by atoms with Crippen molar-refractivity contribution >= 4 is 28.8 Å². The van der Waals surface area contributed by atoms with E-state index in [4.69, 9.17) is 0 Å². The fourth-order valence-electron chi connectivity index (χ4n) is 4.05. The molecule has 32 heavy (non-hydrogen) atoms. The number of carbonyl (C=O) groups is 2. The van der Waals surface area contributed by atoms with Crippen LogP contribution in [0.2, 0.25) is 0 Å². The van der Waals surface area contributed by atoms with E-state index in [0.717, 1.165) is 59.0 Å². The van der Waals surface area contributed by atoms with Crippen LogP contribution in [0.15, 0.2) is 66.7 Å². The summed E-state index contributed by atoms with van der Waals surface area (Å²) in [5.41, 5.74) is 2.96. The Morgan fingerprint density at radius 3 is 2.41 bits per heavy atom. The summed E-state index contributed by atoms with van der Waals surface area (Å²) >= 11 is 1.53. The molecule has 1 saturated heterocycles. The lowest BCUT2D eigenvalue weighted by molar-refractivity contribution is -0.116. The van der Waals surface area contributed by atoms with E-state index in [1.54, 1.807) is 0 Å². The Bertz CT molecular complexity index is 1060. The van der Waals surface area contributed by atoms with E-state index in [-0.39, 0.29) is 17.9 Å². The van der Waals surface area contributed by atoms with Gasteiger partial charge >= 0.3 is 0 Å². The fraction of sp³-hybridized carbons (Fsp3) is 0.308. The van der Waals surface area contributed by atoms with E-state index in [1.807, 2.05) is 73.7 Å². The number of hydrogen-bond acceptors (Lipinski definition) is 4. The number of likely N-dealkylation sites (tertiary alicyclic amines) is 1. The lowest BCUT2D eigenvalue weighted by Gasteiger charge is -2.32. The molecule has 1 fully saturated rings. The predicted octanol–water partition coefficient (Wildman–Crippen LogP) is 4.95. The molecular weight excluding hydrogens is 418 g/mol. The summed E-state index contributed by atoms with van der Waals surface area (Å²) < 4.78 is 0. The first-order valence-corrected chi connectivity index (χ1v) is 11.9. The SMILES string of the molecule is Cc1ccc(C(=O)NC2CCN(CCC(=O)Nc3ccccc3-c3ccccc3)CC2)s1. The van der Waals surface area contributed by atoms with E-state index in [0.29, 0.717) is 6.42 Å². The van der Waals surface area contributed by atoms with Gasteiger partial charge in [-0.3, -0.25) is 9.59 Å². The molecule has 6 heteroatoms. The zero-order chi connectivity index (χ0) is 22.3. The number of hydrogen-bond donors (Lipinski definition) is 2. The van der Waals surface area contributed by atoms with Crippen molar-refractivity contribution in [1.82, 2.24) is 10.2 Å². The van der Waals surface area contributed by atoms with Crippen LogP contribution in [0.4, 0.5) is 5.69 Å². The molecule has 0 spiro atoms. The van der Waals surface area contributed by atoms with Crippen LogP contribution in [0, 0.1) is 6.92 Å². The van der Waals surface area contributed by atoms with Crippen molar-refractivity contribution in [1.29, 1.82) is 0 Å². The number of carbonyl (C=O) groups excluding carboxylic acids is 2. The molecule has 0 radical (unpaired) electrons. The van der Waals surface area contributed by atoms with E-state index >= 15 is 0 Å². The van der Waals surface area contributed by atoms with Gasteiger partial charge in [0.25, 0.3) is 5.91 Å². The number of aryl methyl sites for hydroxylation is 1. The third kappa shape index (κ3) is 5.84. The number of piperidine rings is 1. The van der Waals surface area contributed by atoms with Crippen LogP contribution in [-0.4, -0.2) is 42.4 Å². The molecule has 2 N–H and O–H groups in total. The highest BCUT2D eigenvalue weighted by Crippen LogP contribution is 2.27. The smallest absolute Gasteiger partial charge is 0.261 e. The number of para-hydroxylation sites is 1. The number of nitrogens with one attached hydrogen (secondary N) is 2. The highest BCUT2D eigenvalue weighted by atomic mass is 32.1. The molecule has 3 aromatic rings. The van der Waals surface area contributed by atoms with Gasteiger partial charge in [-0.05, 0) is 43.5 Å². The average molecular weight is 448 g/mol. The standard InChI is InChI=1S/C26H29N3O2S/c1-19-11-12-24(32-19)26(31)27-21-13-16-29(17-14-21)18-15-25(30)28-23-10-6-5-9-22(23)20-7-3-2-4-8-20/h2-12,21H,13-18H2,1H3,(H,27,31)(H,28,30). The second kappa shape index (κ2) is 10.6. The summed E-state index contributed by atoms with van der Waals surface area (Å²) in [6.07, 6.45) is 2.28. The van der Waals surface area contributed by atoms with Crippen LogP contribution in [0.5, 0.6) is 0 Å². The molecule has 0 unspecified atom stereocenters. The van der Waals surface area contributed by atoms with Crippen molar-refractivity contribution in [2.75, 3.05) is 25.0 Å². The van der Waals surface area contributed by atoms with Crippen LogP contribution in [0.3, 0.4) is 0 Å². The van der Waals surface area contributed by atoms with Gasteiger partial charge in [0.15, 0.2) is 0 Å². The molecule has 0 aliphatic carbocycles. The second-order valence-electron chi connectivity index (χ2n) is 8.21. The first kappa shape index (κ1) is 22.2. The molecule has 0 atom stereocenters. The van der Waals surface area contributed by atoms with Gasteiger partial charge in [-0.2, -0.15) is 0 Å². The van der Waals surface area contributed by atoms with E-state index in [2.05, 4.69) is 15.5 Å². The van der Waals surface area contributed by atoms with Crippen molar-refractivity contribution in [3.8, 4) is 11.1 Å². The molecule has 1 aromatic heterocycles. The van der Waals surface area contributed by atoms with Crippen LogP contribution in [-0.2, 0) is 4.79 Å². The first-order chi connectivity index (χ1) is 15.6. The van der Waals surface area contributed by atoms with Crippen LogP contribution in [0.25, 0.3) is 11.1 Å². The van der Waals surface area contributed by atoms with Crippen LogP contribution in [0.1, 0.15) is 33.8 Å². The highest BCUT2D eigenvalue weighted by Gasteiger charge is 2.22. The number of rotatable bonds is 7. The van der Waals surface area contributed by atoms with E-state index in [9.17, 15) is 9.59 Å². The Labute approximate surface area is 193 Å². The van der Waals surface area contributed by atoms with Crippen molar-refractivity contribution < 1.29 is 9.59 Å². The van der Waals surface area contributed by atoms with Crippen LogP contribution < -0.4 is 10.6 Å². The summed E-state index contributed by atoms with van der Waals surface area (Å²) in [6.45, 7) is 4.52. The fourth-order valence-corrected chi connectivity index (χ4v) is 4.82. The normalized spacial score (nSPS) is 14.8. The Hall–Kier alpha value is -2.96. The minimum Gasteiger partial charge on any atom is -0.349 e. The Morgan fingerprint density at radius 2 is 1.69 bits per heavy atom. The van der Waals surface area contributed by atoms with Gasteiger partial charge in [0, 0.05) is 48.2 Å². The van der Waals surface area contributed by atoms with Crippen molar-refractivity contribution in [2.24, 2.45) is 0 Å². The lowest BCUT2D eigenvalue weighted by Crippen LogP contribution is -2.45. The molecule has 4 rings (SSSR count). The lowest BCUT2D eigenvalue weighted by atomic mass is 10.0. The van der Waals surface area contributed by atoms with E-state index < -0.39 is 0 Å². The van der Waals surface area contributed by atoms with Crippen LogP contribution >= 0.6 is 11.3 Å². The molecule has 0 saturated carbocycles. The highest BCUT2D eigenvalue weighted by molar-refractivity contribution is 7.13. The molecule has 2 aromatic carbocycles. The molecule has 5 nitrogen and oxygen atoms in total.